The maximum Gasteiger partial charge on any atom is 0.252 e. The number of benzene rings is 9. The van der Waals surface area contributed by atoms with Gasteiger partial charge >= 0.3 is 0 Å². The average Bonchev–Trinajstić information content (AvgIpc) is 3.44. The molecule has 0 saturated heterocycles. The van der Waals surface area contributed by atoms with Crippen LogP contribution in [0.15, 0.2) is 200 Å². The van der Waals surface area contributed by atoms with Crippen LogP contribution in [0.4, 0.5) is 51.2 Å². The van der Waals surface area contributed by atoms with Crippen LogP contribution in [0.3, 0.4) is 0 Å². The molecule has 9 aromatic rings. The van der Waals surface area contributed by atoms with E-state index in [2.05, 4.69) is 291 Å². The Kier molecular flexibility index (Phi) is 11.5. The summed E-state index contributed by atoms with van der Waals surface area (Å²) >= 11 is 0. The molecule has 0 N–H and O–H groups in total. The molecule has 2 heterocycles. The van der Waals surface area contributed by atoms with E-state index < -0.39 is 0 Å². The second-order valence-corrected chi connectivity index (χ2v) is 25.0. The lowest BCUT2D eigenvalue weighted by molar-refractivity contribution is 0.332. The second-order valence-electron chi connectivity index (χ2n) is 25.0. The summed E-state index contributed by atoms with van der Waals surface area (Å²) < 4.78 is 0. The van der Waals surface area contributed by atoms with Gasteiger partial charge in [0.05, 0.1) is 11.4 Å². The summed E-state index contributed by atoms with van der Waals surface area (Å²) in [6.45, 7) is 26.2. The van der Waals surface area contributed by atoms with Crippen LogP contribution in [0, 0.1) is 6.92 Å². The lowest BCUT2D eigenvalue weighted by atomic mass is 9.33. The Morgan fingerprint density at radius 2 is 0.893 bits per heavy atom. The van der Waals surface area contributed by atoms with Gasteiger partial charge in [0.15, 0.2) is 0 Å². The molecule has 0 atom stereocenters. The zero-order valence-electron chi connectivity index (χ0n) is 45.9. The molecule has 0 bridgehead atoms. The molecule has 2 aliphatic heterocycles. The minimum absolute atomic E-state index is 0.00170. The molecule has 12 rings (SSSR count). The first-order valence-electron chi connectivity index (χ1n) is 27.3. The molecule has 0 fully saturated rings. The monoisotopic (exact) mass is 976 g/mol. The second kappa shape index (κ2) is 17.8. The molecule has 1 aliphatic carbocycles. The largest absolute Gasteiger partial charge is 0.311 e. The lowest BCUT2D eigenvalue weighted by Crippen LogP contribution is -2.62. The average molecular weight is 976 g/mol. The molecule has 3 aliphatic rings. The van der Waals surface area contributed by atoms with Crippen LogP contribution in [0.25, 0.3) is 22.3 Å². The molecule has 4 heteroatoms. The third kappa shape index (κ3) is 8.29. The number of hydrogen-bond acceptors (Lipinski definition) is 3. The number of nitrogens with zero attached hydrogens (tertiary/aromatic N) is 3. The summed E-state index contributed by atoms with van der Waals surface area (Å²) in [7, 11) is 0. The van der Waals surface area contributed by atoms with E-state index in [1.54, 1.807) is 0 Å². The van der Waals surface area contributed by atoms with Crippen molar-refractivity contribution in [2.24, 2.45) is 0 Å². The van der Waals surface area contributed by atoms with Crippen LogP contribution >= 0.6 is 0 Å². The number of rotatable bonds is 7. The molecule has 0 radical (unpaired) electrons. The zero-order chi connectivity index (χ0) is 52.2. The van der Waals surface area contributed by atoms with Crippen molar-refractivity contribution in [2.75, 3.05) is 14.7 Å². The third-order valence-electron chi connectivity index (χ3n) is 16.9. The van der Waals surface area contributed by atoms with E-state index >= 15 is 0 Å². The van der Waals surface area contributed by atoms with E-state index in [4.69, 9.17) is 0 Å². The van der Waals surface area contributed by atoms with Crippen LogP contribution in [0.5, 0.6) is 0 Å². The Hall–Kier alpha value is -7.56. The molecular formula is C71H70BN3. The number of anilines is 9. The molecule has 3 nitrogen and oxygen atoms in total. The van der Waals surface area contributed by atoms with E-state index in [1.807, 2.05) is 0 Å². The van der Waals surface area contributed by atoms with Crippen LogP contribution in [0.2, 0.25) is 0 Å². The molecule has 0 aromatic heterocycles. The fourth-order valence-electron chi connectivity index (χ4n) is 12.5. The minimum atomic E-state index is -0.0880. The van der Waals surface area contributed by atoms with Gasteiger partial charge in [-0.05, 0) is 169 Å². The maximum atomic E-state index is 2.69. The van der Waals surface area contributed by atoms with Gasteiger partial charge in [-0.15, -0.1) is 0 Å². The predicted octanol–water partition coefficient (Wildman–Crippen LogP) is 17.8. The van der Waals surface area contributed by atoms with E-state index in [1.165, 1.54) is 101 Å². The van der Waals surface area contributed by atoms with Crippen LogP contribution in [-0.4, -0.2) is 6.71 Å². The minimum Gasteiger partial charge on any atom is -0.311 e. The first kappa shape index (κ1) is 48.4. The van der Waals surface area contributed by atoms with Crippen molar-refractivity contribution in [3.05, 3.63) is 228 Å². The number of para-hydroxylation sites is 2. The Morgan fingerprint density at radius 3 is 1.47 bits per heavy atom. The van der Waals surface area contributed by atoms with Gasteiger partial charge < -0.3 is 14.7 Å². The summed E-state index contributed by atoms with van der Waals surface area (Å²) in [4.78, 5) is 7.80. The summed E-state index contributed by atoms with van der Waals surface area (Å²) in [5.41, 5.74) is 26.0. The Labute approximate surface area is 447 Å². The molecule has 0 spiro atoms. The topological polar surface area (TPSA) is 9.72 Å². The normalized spacial score (nSPS) is 15.2. The third-order valence-corrected chi connectivity index (χ3v) is 16.9. The van der Waals surface area contributed by atoms with Crippen molar-refractivity contribution in [1.29, 1.82) is 0 Å². The summed E-state index contributed by atoms with van der Waals surface area (Å²) in [5.74, 6) is 0. The van der Waals surface area contributed by atoms with Crippen LogP contribution in [0.1, 0.15) is 110 Å². The maximum absolute atomic E-state index is 2.69. The van der Waals surface area contributed by atoms with Gasteiger partial charge in [0, 0.05) is 45.4 Å². The highest BCUT2D eigenvalue weighted by Gasteiger charge is 2.47. The van der Waals surface area contributed by atoms with E-state index in [-0.39, 0.29) is 28.4 Å². The SMILES string of the molecule is Cc1ccc(-c2ccccc2)cc1N1c2cc(C(C)(C)C)ccc2B2c3cc4c(cc3N(c3ccc(C(C)(C)C)cc3-c3ccccc3)c3cc(N(c5ccccc5)c5ccccc5)cc1c32)C(C)(C)CCC4(C)C. The molecule has 372 valence electrons. The highest BCUT2D eigenvalue weighted by Crippen LogP contribution is 2.54. The van der Waals surface area contributed by atoms with Crippen molar-refractivity contribution in [3.8, 4) is 22.3 Å². The van der Waals surface area contributed by atoms with Crippen molar-refractivity contribution in [1.82, 2.24) is 0 Å². The van der Waals surface area contributed by atoms with Gasteiger partial charge in [0.25, 0.3) is 6.71 Å². The number of aryl methyl sites for hydroxylation is 1. The molecular weight excluding hydrogens is 906 g/mol. The Balaban J connectivity index is 1.27. The van der Waals surface area contributed by atoms with Crippen molar-refractivity contribution in [3.63, 3.8) is 0 Å². The first-order valence-corrected chi connectivity index (χ1v) is 27.3. The molecule has 0 saturated carbocycles. The first-order chi connectivity index (χ1) is 35.9. The van der Waals surface area contributed by atoms with E-state index in [0.29, 0.717) is 0 Å². The Morgan fingerprint density at radius 1 is 0.400 bits per heavy atom. The highest BCUT2D eigenvalue weighted by atomic mass is 15.2. The quantitative estimate of drug-likeness (QED) is 0.147. The molecule has 0 amide bonds. The van der Waals surface area contributed by atoms with Crippen LogP contribution < -0.4 is 31.1 Å². The summed E-state index contributed by atoms with van der Waals surface area (Å²) in [6.07, 6.45) is 2.27. The van der Waals surface area contributed by atoms with Gasteiger partial charge in [-0.25, -0.2) is 0 Å². The van der Waals surface area contributed by atoms with Crippen molar-refractivity contribution in [2.45, 2.75) is 111 Å². The predicted molar refractivity (Wildman–Crippen MR) is 323 cm³/mol. The van der Waals surface area contributed by atoms with Gasteiger partial charge in [-0.2, -0.15) is 0 Å². The molecule has 9 aromatic carbocycles. The smallest absolute Gasteiger partial charge is 0.252 e. The fourth-order valence-corrected chi connectivity index (χ4v) is 12.5. The zero-order valence-corrected chi connectivity index (χ0v) is 45.9. The fraction of sp³-hybridized carbons (Fsp3) is 0.239. The van der Waals surface area contributed by atoms with Gasteiger partial charge in [-0.1, -0.05) is 203 Å². The molecule has 75 heavy (non-hydrogen) atoms. The van der Waals surface area contributed by atoms with Gasteiger partial charge in [-0.3, -0.25) is 0 Å². The number of hydrogen-bond donors (Lipinski definition) is 0. The van der Waals surface area contributed by atoms with E-state index in [0.717, 1.165) is 29.9 Å². The van der Waals surface area contributed by atoms with Gasteiger partial charge in [0.2, 0.25) is 0 Å². The van der Waals surface area contributed by atoms with Crippen molar-refractivity contribution < 1.29 is 0 Å². The number of fused-ring (bicyclic) bond motifs is 5. The highest BCUT2D eigenvalue weighted by molar-refractivity contribution is 7.00. The lowest BCUT2D eigenvalue weighted by Gasteiger charge is -2.48. The van der Waals surface area contributed by atoms with Crippen molar-refractivity contribution >= 4 is 74.3 Å². The van der Waals surface area contributed by atoms with Gasteiger partial charge in [0.1, 0.15) is 0 Å². The molecule has 0 unspecified atom stereocenters. The standard InChI is InChI=1S/C71H70BN3/c1-47-32-33-50(48-24-16-12-17-25-48)40-62(47)75-63-42-52(69(5,6)7)34-36-59(63)72-60-45-57-58(71(10,11)39-38-70(57,8)9)46-64(60)74(61-37-35-51(68(2,3)4)41-56(61)49-26-18-13-19-27-49)65-43-55(44-66(75)67(65)72)73(53-28-20-14-21-29-53)54-30-22-15-23-31-54/h12-37,40-46H,38-39H2,1-11H3. The summed E-state index contributed by atoms with van der Waals surface area (Å²) in [6, 6.07) is 76.1. The Bertz CT molecular complexity index is 3600. The van der Waals surface area contributed by atoms with E-state index in [9.17, 15) is 0 Å². The van der Waals surface area contributed by atoms with Crippen LogP contribution in [-0.2, 0) is 21.7 Å². The summed E-state index contributed by atoms with van der Waals surface area (Å²) in [5, 5.41) is 0.